The maximum Gasteiger partial charge on any atom is 0.309 e. The molecule has 2 atom stereocenters. The van der Waals surface area contributed by atoms with E-state index in [-0.39, 0.29) is 12.2 Å². The van der Waals surface area contributed by atoms with Gasteiger partial charge in [-0.05, 0) is 12.8 Å². The van der Waals surface area contributed by atoms with E-state index in [0.29, 0.717) is 23.4 Å². The fourth-order valence-electron chi connectivity index (χ4n) is 4.84. The third-order valence-electron chi connectivity index (χ3n) is 7.12. The first kappa shape index (κ1) is 29.8. The molecule has 6 nitrogen and oxygen atoms in total. The average molecular weight is 509 g/mol. The highest BCUT2D eigenvalue weighted by Gasteiger charge is 2.38. The van der Waals surface area contributed by atoms with Crippen molar-refractivity contribution < 1.29 is 18.8 Å². The number of unbranched alkanes of at least 4 members (excludes halogenated alkanes) is 10. The van der Waals surface area contributed by atoms with E-state index in [4.69, 9.17) is 9.47 Å². The molecule has 7 heteroatoms. The van der Waals surface area contributed by atoms with Gasteiger partial charge in [0.1, 0.15) is 12.2 Å². The van der Waals surface area contributed by atoms with Gasteiger partial charge in [0.2, 0.25) is 6.23 Å². The van der Waals surface area contributed by atoms with E-state index in [1.165, 1.54) is 81.5 Å². The number of rotatable bonds is 19. The van der Waals surface area contributed by atoms with Crippen LogP contribution in [0.25, 0.3) is 5.57 Å². The van der Waals surface area contributed by atoms with Crippen LogP contribution in [0.5, 0.6) is 5.88 Å². The summed E-state index contributed by atoms with van der Waals surface area (Å²) >= 11 is 1.22. The Hall–Kier alpha value is -1.47. The number of likely N-dealkylation sites (N-methyl/N-ethyl adjacent to an activating group) is 1. The predicted molar refractivity (Wildman–Crippen MR) is 145 cm³/mol. The number of hydrogen-bond donors (Lipinski definition) is 0. The fraction of sp³-hybridized carbons (Fsp3) is 0.821. The van der Waals surface area contributed by atoms with Crippen molar-refractivity contribution in [3.8, 4) is 5.88 Å². The molecule has 2 heterocycles. The van der Waals surface area contributed by atoms with Gasteiger partial charge >= 0.3 is 5.97 Å². The van der Waals surface area contributed by atoms with Crippen LogP contribution in [-0.4, -0.2) is 52.2 Å². The highest BCUT2D eigenvalue weighted by molar-refractivity contribution is 6.99. The third kappa shape index (κ3) is 10.6. The van der Waals surface area contributed by atoms with Gasteiger partial charge in [0.15, 0.2) is 0 Å². The summed E-state index contributed by atoms with van der Waals surface area (Å²) in [6, 6.07) is 0. The molecule has 200 valence electrons. The summed E-state index contributed by atoms with van der Waals surface area (Å²) in [5.41, 5.74) is 2.05. The minimum atomic E-state index is -0.115. The number of carbonyl (C=O) groups is 1. The van der Waals surface area contributed by atoms with Crippen LogP contribution in [0.2, 0.25) is 0 Å². The van der Waals surface area contributed by atoms with Crippen molar-refractivity contribution in [3.63, 3.8) is 0 Å². The molecule has 0 aromatic carbocycles. The predicted octanol–water partition coefficient (Wildman–Crippen LogP) is 7.54. The minimum absolute atomic E-state index is 0.101. The Morgan fingerprint density at radius 2 is 1.63 bits per heavy atom. The molecule has 0 bridgehead atoms. The standard InChI is InChI=1S/C28H50N3O3S/c1-5-8-10-12-13-14-15-16-20-25(34-26(32)7-3)31(4)21-18-19-24(23-31)27-28(30-35-29-27)33-22-17-11-9-6-2/h19,25H,5-18,20-23H2,1-4H3/q+1. The molecule has 0 aliphatic carbocycles. The van der Waals surface area contributed by atoms with E-state index in [2.05, 4.69) is 35.7 Å². The Bertz CT molecular complexity index is 752. The zero-order valence-electron chi connectivity index (χ0n) is 22.9. The number of esters is 1. The Kier molecular flexibility index (Phi) is 14.5. The molecule has 1 aliphatic heterocycles. The normalized spacial score (nSPS) is 18.8. The van der Waals surface area contributed by atoms with E-state index < -0.39 is 0 Å². The second-order valence-corrected chi connectivity index (χ2v) is 10.8. The van der Waals surface area contributed by atoms with E-state index in [1.54, 1.807) is 0 Å². The molecule has 0 N–H and O–H groups in total. The number of quaternary nitrogens is 1. The molecule has 2 unspecified atom stereocenters. The lowest BCUT2D eigenvalue weighted by molar-refractivity contribution is -0.947. The molecule has 0 amide bonds. The summed E-state index contributed by atoms with van der Waals surface area (Å²) in [6.07, 6.45) is 19.4. The molecule has 1 aromatic rings. The number of aromatic nitrogens is 2. The quantitative estimate of drug-likeness (QED) is 0.110. The van der Waals surface area contributed by atoms with Crippen LogP contribution in [0.1, 0.15) is 123 Å². The lowest BCUT2D eigenvalue weighted by atomic mass is 10.0. The van der Waals surface area contributed by atoms with Crippen LogP contribution in [-0.2, 0) is 9.53 Å². The van der Waals surface area contributed by atoms with Crippen molar-refractivity contribution in [1.82, 2.24) is 8.75 Å². The van der Waals surface area contributed by atoms with E-state index >= 15 is 0 Å². The molecule has 0 spiro atoms. The van der Waals surface area contributed by atoms with Gasteiger partial charge in [-0.15, -0.1) is 4.37 Å². The topological polar surface area (TPSA) is 61.3 Å². The first-order valence-corrected chi connectivity index (χ1v) is 15.0. The molecule has 0 radical (unpaired) electrons. The summed E-state index contributed by atoms with van der Waals surface area (Å²) in [5.74, 6) is 0.563. The highest BCUT2D eigenvalue weighted by Crippen LogP contribution is 2.33. The van der Waals surface area contributed by atoms with Gasteiger partial charge in [0, 0.05) is 24.8 Å². The van der Waals surface area contributed by atoms with Crippen molar-refractivity contribution in [2.75, 3.05) is 26.7 Å². The molecule has 0 fully saturated rings. The minimum Gasteiger partial charge on any atom is -0.475 e. The Balaban J connectivity index is 1.95. The van der Waals surface area contributed by atoms with Gasteiger partial charge in [0.05, 0.1) is 31.9 Å². The summed E-state index contributed by atoms with van der Waals surface area (Å²) in [4.78, 5) is 12.3. The molecule has 2 rings (SSSR count). The van der Waals surface area contributed by atoms with Crippen molar-refractivity contribution >= 4 is 23.3 Å². The SMILES string of the molecule is CCCCCCCCCCC(OC(=O)CC)[N+]1(C)CCC=C(c2nsnc2OCCCCCC)C1. The maximum atomic E-state index is 12.3. The van der Waals surface area contributed by atoms with Gasteiger partial charge in [-0.25, -0.2) is 0 Å². The fourth-order valence-corrected chi connectivity index (χ4v) is 5.37. The lowest BCUT2D eigenvalue weighted by Crippen LogP contribution is -2.56. The van der Waals surface area contributed by atoms with Crippen molar-refractivity contribution in [2.24, 2.45) is 0 Å². The van der Waals surface area contributed by atoms with Crippen LogP contribution in [0.15, 0.2) is 6.08 Å². The molecule has 1 aliphatic rings. The van der Waals surface area contributed by atoms with Crippen molar-refractivity contribution in [2.45, 2.75) is 123 Å². The van der Waals surface area contributed by atoms with Gasteiger partial charge in [0.25, 0.3) is 5.88 Å². The second kappa shape index (κ2) is 17.1. The first-order chi connectivity index (χ1) is 17.0. The maximum absolute atomic E-state index is 12.3. The molecule has 0 saturated heterocycles. The number of hydrogen-bond acceptors (Lipinski definition) is 6. The molecule has 1 aromatic heterocycles. The summed E-state index contributed by atoms with van der Waals surface area (Å²) < 4.78 is 21.8. The highest BCUT2D eigenvalue weighted by atomic mass is 32.1. The zero-order chi connectivity index (χ0) is 25.4. The van der Waals surface area contributed by atoms with Crippen LogP contribution in [0, 0.1) is 0 Å². The Morgan fingerprint density at radius 1 is 0.971 bits per heavy atom. The second-order valence-electron chi connectivity index (χ2n) is 10.3. The van der Waals surface area contributed by atoms with Gasteiger partial charge in [-0.1, -0.05) is 91.1 Å². The van der Waals surface area contributed by atoms with Gasteiger partial charge in [-0.2, -0.15) is 4.37 Å². The van der Waals surface area contributed by atoms with Crippen LogP contribution < -0.4 is 4.74 Å². The number of carbonyl (C=O) groups excluding carboxylic acids is 1. The Morgan fingerprint density at radius 3 is 2.31 bits per heavy atom. The average Bonchev–Trinajstić information content (AvgIpc) is 3.33. The van der Waals surface area contributed by atoms with Crippen LogP contribution in [0.4, 0.5) is 0 Å². The summed E-state index contributed by atoms with van der Waals surface area (Å²) in [7, 11) is 2.23. The van der Waals surface area contributed by atoms with E-state index in [0.717, 1.165) is 44.5 Å². The third-order valence-corrected chi connectivity index (χ3v) is 7.63. The van der Waals surface area contributed by atoms with Crippen molar-refractivity contribution in [1.29, 1.82) is 0 Å². The summed E-state index contributed by atoms with van der Waals surface area (Å²) in [5, 5.41) is 0. The first-order valence-electron chi connectivity index (χ1n) is 14.2. The summed E-state index contributed by atoms with van der Waals surface area (Å²) in [6.45, 7) is 8.79. The van der Waals surface area contributed by atoms with Crippen molar-refractivity contribution in [3.05, 3.63) is 11.8 Å². The molecular formula is C28H50N3O3S+. The smallest absolute Gasteiger partial charge is 0.309 e. The molecule has 0 saturated carbocycles. The number of nitrogens with zero attached hydrogens (tertiary/aromatic N) is 3. The van der Waals surface area contributed by atoms with E-state index in [1.807, 2.05) is 6.92 Å². The Labute approximate surface area is 218 Å². The lowest BCUT2D eigenvalue weighted by Gasteiger charge is -2.42. The molecular weight excluding hydrogens is 458 g/mol. The van der Waals surface area contributed by atoms with Gasteiger partial charge < -0.3 is 9.47 Å². The monoisotopic (exact) mass is 508 g/mol. The van der Waals surface area contributed by atoms with E-state index in [9.17, 15) is 4.79 Å². The van der Waals surface area contributed by atoms with Gasteiger partial charge in [-0.3, -0.25) is 9.28 Å². The van der Waals surface area contributed by atoms with Crippen LogP contribution >= 0.6 is 11.7 Å². The number of ether oxygens (including phenoxy) is 2. The zero-order valence-corrected chi connectivity index (χ0v) is 23.7. The van der Waals surface area contributed by atoms with Crippen LogP contribution in [0.3, 0.4) is 0 Å². The molecule has 35 heavy (non-hydrogen) atoms. The largest absolute Gasteiger partial charge is 0.475 e.